The second-order valence-electron chi connectivity index (χ2n) is 9.45. The number of hydrogen-bond acceptors (Lipinski definition) is 4. The van der Waals surface area contributed by atoms with Crippen molar-refractivity contribution >= 4 is 17.9 Å². The predicted molar refractivity (Wildman–Crippen MR) is 127 cm³/mol. The van der Waals surface area contributed by atoms with Gasteiger partial charge in [-0.25, -0.2) is 4.79 Å². The van der Waals surface area contributed by atoms with E-state index in [0.717, 1.165) is 29.5 Å². The third-order valence-corrected chi connectivity index (χ3v) is 5.13. The number of likely N-dealkylation sites (N-methyl/N-ethyl adjacent to an activating group) is 1. The van der Waals surface area contributed by atoms with Crippen LogP contribution in [0.3, 0.4) is 0 Å². The molecule has 1 aromatic rings. The standard InChI is InChI=1S/C25H41N3O4/c1-10-12-18(5)26-22(29)21(20-15-16(3)13-14-17(20)4)28(11-2)23(30)19(6)27-24(31)32-25(7,8)9/h13-15,18-19,21H,10-12H2,1-9H3,(H,26,29)(H,27,31). The number of benzene rings is 1. The van der Waals surface area contributed by atoms with E-state index in [2.05, 4.69) is 17.6 Å². The van der Waals surface area contributed by atoms with E-state index >= 15 is 0 Å². The molecule has 7 nitrogen and oxygen atoms in total. The molecule has 32 heavy (non-hydrogen) atoms. The highest BCUT2D eigenvalue weighted by Gasteiger charge is 2.35. The lowest BCUT2D eigenvalue weighted by Gasteiger charge is -2.34. The molecule has 2 N–H and O–H groups in total. The number of alkyl carbamates (subject to hydrolysis) is 1. The molecule has 180 valence electrons. The lowest BCUT2D eigenvalue weighted by atomic mass is 9.96. The van der Waals surface area contributed by atoms with Crippen molar-refractivity contribution in [3.05, 3.63) is 34.9 Å². The van der Waals surface area contributed by atoms with Crippen LogP contribution in [0.25, 0.3) is 0 Å². The van der Waals surface area contributed by atoms with Crippen molar-refractivity contribution < 1.29 is 19.1 Å². The highest BCUT2D eigenvalue weighted by molar-refractivity contribution is 5.92. The smallest absolute Gasteiger partial charge is 0.408 e. The highest BCUT2D eigenvalue weighted by Crippen LogP contribution is 2.27. The molecular formula is C25H41N3O4. The maximum atomic E-state index is 13.4. The Bertz CT molecular complexity index is 801. The number of amides is 3. The molecule has 1 rings (SSSR count). The van der Waals surface area contributed by atoms with E-state index < -0.39 is 23.8 Å². The van der Waals surface area contributed by atoms with E-state index in [-0.39, 0.29) is 17.9 Å². The molecule has 0 saturated heterocycles. The SMILES string of the molecule is CCCC(C)NC(=O)C(c1cc(C)ccc1C)N(CC)C(=O)C(C)NC(=O)OC(C)(C)C. The van der Waals surface area contributed by atoms with Gasteiger partial charge in [0.1, 0.15) is 17.7 Å². The number of nitrogens with one attached hydrogen (secondary N) is 2. The van der Waals surface area contributed by atoms with Gasteiger partial charge in [0.05, 0.1) is 0 Å². The summed E-state index contributed by atoms with van der Waals surface area (Å²) < 4.78 is 5.28. The zero-order chi connectivity index (χ0) is 24.6. The molecule has 0 aliphatic heterocycles. The predicted octanol–water partition coefficient (Wildman–Crippen LogP) is 4.41. The first-order valence-electron chi connectivity index (χ1n) is 11.5. The Hall–Kier alpha value is -2.57. The summed E-state index contributed by atoms with van der Waals surface area (Å²) in [7, 11) is 0. The summed E-state index contributed by atoms with van der Waals surface area (Å²) >= 11 is 0. The molecule has 0 spiro atoms. The number of aryl methyl sites for hydroxylation is 2. The fraction of sp³-hybridized carbons (Fsp3) is 0.640. The van der Waals surface area contributed by atoms with Crippen LogP contribution in [0.5, 0.6) is 0 Å². The molecule has 0 aromatic heterocycles. The van der Waals surface area contributed by atoms with Crippen LogP contribution in [-0.4, -0.2) is 47.0 Å². The van der Waals surface area contributed by atoms with Crippen LogP contribution in [0.15, 0.2) is 18.2 Å². The Balaban J connectivity index is 3.26. The normalized spacial score (nSPS) is 14.2. The summed E-state index contributed by atoms with van der Waals surface area (Å²) in [6.45, 7) is 17.0. The fourth-order valence-corrected chi connectivity index (χ4v) is 3.59. The van der Waals surface area contributed by atoms with Gasteiger partial charge in [0.25, 0.3) is 0 Å². The molecule has 0 aliphatic rings. The molecule has 3 atom stereocenters. The lowest BCUT2D eigenvalue weighted by molar-refractivity contribution is -0.142. The maximum absolute atomic E-state index is 13.4. The van der Waals surface area contributed by atoms with Gasteiger partial charge in [-0.1, -0.05) is 37.1 Å². The number of carbonyl (C=O) groups is 3. The molecule has 1 aromatic carbocycles. The molecule has 3 unspecified atom stereocenters. The van der Waals surface area contributed by atoms with E-state index in [1.807, 2.05) is 45.9 Å². The van der Waals surface area contributed by atoms with E-state index in [1.54, 1.807) is 27.7 Å². The van der Waals surface area contributed by atoms with Gasteiger partial charge in [0.15, 0.2) is 0 Å². The number of ether oxygens (including phenoxy) is 1. The highest BCUT2D eigenvalue weighted by atomic mass is 16.6. The minimum Gasteiger partial charge on any atom is -0.444 e. The van der Waals surface area contributed by atoms with Crippen molar-refractivity contribution in [3.63, 3.8) is 0 Å². The van der Waals surface area contributed by atoms with E-state index in [0.29, 0.717) is 6.54 Å². The second kappa shape index (κ2) is 11.9. The number of hydrogen-bond donors (Lipinski definition) is 2. The summed E-state index contributed by atoms with van der Waals surface area (Å²) in [4.78, 5) is 40.5. The molecule has 3 amide bonds. The zero-order valence-electron chi connectivity index (χ0n) is 21.2. The Labute approximate surface area is 193 Å². The summed E-state index contributed by atoms with van der Waals surface area (Å²) in [6.07, 6.45) is 1.13. The largest absolute Gasteiger partial charge is 0.444 e. The third kappa shape index (κ3) is 8.17. The molecule has 0 bridgehead atoms. The summed E-state index contributed by atoms with van der Waals surface area (Å²) in [5.41, 5.74) is 2.05. The van der Waals surface area contributed by atoms with E-state index in [1.165, 1.54) is 4.90 Å². The summed E-state index contributed by atoms with van der Waals surface area (Å²) in [5.74, 6) is -0.568. The minimum atomic E-state index is -0.849. The fourth-order valence-electron chi connectivity index (χ4n) is 3.59. The third-order valence-electron chi connectivity index (χ3n) is 5.13. The van der Waals surface area contributed by atoms with Crippen molar-refractivity contribution in [2.75, 3.05) is 6.54 Å². The van der Waals surface area contributed by atoms with Crippen LogP contribution < -0.4 is 10.6 Å². The first kappa shape index (κ1) is 27.5. The topological polar surface area (TPSA) is 87.7 Å². The van der Waals surface area contributed by atoms with Crippen LogP contribution in [0.1, 0.15) is 84.0 Å². The molecule has 0 fully saturated rings. The Morgan fingerprint density at radius 1 is 1.06 bits per heavy atom. The summed E-state index contributed by atoms with van der Waals surface area (Å²) in [5, 5.41) is 5.66. The van der Waals surface area contributed by atoms with Crippen molar-refractivity contribution in [2.45, 2.75) is 98.9 Å². The van der Waals surface area contributed by atoms with Crippen LogP contribution in [-0.2, 0) is 14.3 Å². The van der Waals surface area contributed by atoms with E-state index in [9.17, 15) is 14.4 Å². The number of nitrogens with zero attached hydrogens (tertiary/aromatic N) is 1. The molecule has 0 saturated carbocycles. The van der Waals surface area contributed by atoms with Crippen LogP contribution in [0.2, 0.25) is 0 Å². The van der Waals surface area contributed by atoms with Gasteiger partial charge in [0, 0.05) is 12.6 Å². The van der Waals surface area contributed by atoms with Crippen molar-refractivity contribution in [2.24, 2.45) is 0 Å². The number of carbonyl (C=O) groups excluding carboxylic acids is 3. The average molecular weight is 448 g/mol. The van der Waals surface area contributed by atoms with Gasteiger partial charge in [-0.15, -0.1) is 0 Å². The van der Waals surface area contributed by atoms with E-state index in [4.69, 9.17) is 4.74 Å². The maximum Gasteiger partial charge on any atom is 0.408 e. The Morgan fingerprint density at radius 3 is 2.22 bits per heavy atom. The van der Waals surface area contributed by atoms with Gasteiger partial charge >= 0.3 is 6.09 Å². The Morgan fingerprint density at radius 2 is 1.69 bits per heavy atom. The quantitative estimate of drug-likeness (QED) is 0.587. The van der Waals surface area contributed by atoms with Gasteiger partial charge in [-0.3, -0.25) is 9.59 Å². The van der Waals surface area contributed by atoms with Crippen LogP contribution >= 0.6 is 0 Å². The second-order valence-corrected chi connectivity index (χ2v) is 9.45. The van der Waals surface area contributed by atoms with Crippen molar-refractivity contribution in [3.8, 4) is 0 Å². The van der Waals surface area contributed by atoms with Crippen LogP contribution in [0, 0.1) is 13.8 Å². The number of rotatable bonds is 9. The van der Waals surface area contributed by atoms with Gasteiger partial charge in [-0.05, 0) is 72.9 Å². The summed E-state index contributed by atoms with van der Waals surface area (Å²) in [6, 6.07) is 4.24. The molecule has 7 heteroatoms. The molecule has 0 heterocycles. The van der Waals surface area contributed by atoms with Crippen molar-refractivity contribution in [1.29, 1.82) is 0 Å². The van der Waals surface area contributed by atoms with Crippen LogP contribution in [0.4, 0.5) is 4.79 Å². The molecular weight excluding hydrogens is 406 g/mol. The first-order valence-corrected chi connectivity index (χ1v) is 11.5. The minimum absolute atomic E-state index is 0.00812. The average Bonchev–Trinajstić information content (AvgIpc) is 2.66. The van der Waals surface area contributed by atoms with Gasteiger partial charge in [0.2, 0.25) is 11.8 Å². The lowest BCUT2D eigenvalue weighted by Crippen LogP contribution is -2.52. The van der Waals surface area contributed by atoms with Crippen molar-refractivity contribution in [1.82, 2.24) is 15.5 Å². The van der Waals surface area contributed by atoms with Gasteiger partial charge < -0.3 is 20.3 Å². The zero-order valence-corrected chi connectivity index (χ0v) is 21.2. The Kier molecular flexibility index (Phi) is 10.2. The monoisotopic (exact) mass is 447 g/mol. The molecule has 0 aliphatic carbocycles. The molecule has 0 radical (unpaired) electrons. The first-order chi connectivity index (χ1) is 14.8. The van der Waals surface area contributed by atoms with Gasteiger partial charge in [-0.2, -0.15) is 0 Å².